The third kappa shape index (κ3) is 2.82. The molecule has 106 valence electrons. The maximum absolute atomic E-state index is 13.3. The van der Waals surface area contributed by atoms with Crippen LogP contribution < -0.4 is 4.74 Å². The first-order valence-electron chi connectivity index (χ1n) is 5.05. The van der Waals surface area contributed by atoms with E-state index in [0.29, 0.717) is 12.1 Å². The minimum Gasteiger partial charge on any atom is -0.453 e. The first-order chi connectivity index (χ1) is 9.32. The van der Waals surface area contributed by atoms with Crippen molar-refractivity contribution in [2.24, 2.45) is 0 Å². The Kier molecular flexibility index (Phi) is 3.80. The maximum Gasteiger partial charge on any atom is 0.346 e. The zero-order valence-electron chi connectivity index (χ0n) is 9.46. The van der Waals surface area contributed by atoms with E-state index in [4.69, 9.17) is 4.74 Å². The van der Waals surface area contributed by atoms with Crippen molar-refractivity contribution in [1.29, 1.82) is 0 Å². The summed E-state index contributed by atoms with van der Waals surface area (Å²) in [7, 11) is 0. The monoisotopic (exact) mass is 352 g/mol. The number of hydrogen-bond donors (Lipinski definition) is 1. The molecule has 0 saturated carbocycles. The van der Waals surface area contributed by atoms with Gasteiger partial charge in [-0.2, -0.15) is 13.9 Å². The van der Waals surface area contributed by atoms with Crippen LogP contribution in [0.5, 0.6) is 11.5 Å². The highest BCUT2D eigenvalue weighted by Crippen LogP contribution is 2.40. The number of halogens is 5. The summed E-state index contributed by atoms with van der Waals surface area (Å²) >= 11 is 2.10. The molecule has 2 rings (SSSR count). The number of carbonyl (C=O) groups is 1. The molecule has 0 fully saturated rings. The standard InChI is InChI=1S/C11H5BrF4N2O2/c12-11(15,16)10-9(3-17-18-10)20-5-1-7(13)6(4-19)8(14)2-5/h1-4H,(H,17,18). The number of rotatable bonds is 4. The number of ether oxygens (including phenoxy) is 1. The number of hydrogen-bond acceptors (Lipinski definition) is 3. The van der Waals surface area contributed by atoms with Crippen molar-refractivity contribution in [1.82, 2.24) is 10.2 Å². The van der Waals surface area contributed by atoms with Crippen LogP contribution in [0.4, 0.5) is 17.6 Å². The zero-order valence-corrected chi connectivity index (χ0v) is 11.0. The smallest absolute Gasteiger partial charge is 0.346 e. The lowest BCUT2D eigenvalue weighted by atomic mass is 10.2. The fraction of sp³-hybridized carbons (Fsp3) is 0.0909. The van der Waals surface area contributed by atoms with Gasteiger partial charge in [-0.05, 0) is 15.9 Å². The molecule has 0 aliphatic heterocycles. The molecule has 0 aliphatic carbocycles. The second-order valence-electron chi connectivity index (χ2n) is 3.63. The largest absolute Gasteiger partial charge is 0.453 e. The average Bonchev–Trinajstić information content (AvgIpc) is 2.76. The van der Waals surface area contributed by atoms with Gasteiger partial charge in [0.2, 0.25) is 0 Å². The summed E-state index contributed by atoms with van der Waals surface area (Å²) in [5.74, 6) is -3.12. The van der Waals surface area contributed by atoms with Crippen molar-refractivity contribution < 1.29 is 27.1 Å². The van der Waals surface area contributed by atoms with Gasteiger partial charge >= 0.3 is 4.83 Å². The Morgan fingerprint density at radius 3 is 2.40 bits per heavy atom. The van der Waals surface area contributed by atoms with Gasteiger partial charge < -0.3 is 4.74 Å². The van der Waals surface area contributed by atoms with Crippen LogP contribution in [0.2, 0.25) is 0 Å². The van der Waals surface area contributed by atoms with E-state index < -0.39 is 33.5 Å². The Morgan fingerprint density at radius 1 is 1.30 bits per heavy atom. The fourth-order valence-corrected chi connectivity index (χ4v) is 1.70. The second-order valence-corrected chi connectivity index (χ2v) is 4.62. The molecule has 20 heavy (non-hydrogen) atoms. The molecular weight excluding hydrogens is 348 g/mol. The number of nitrogens with one attached hydrogen (secondary N) is 1. The number of H-pyrrole nitrogens is 1. The summed E-state index contributed by atoms with van der Waals surface area (Å²) in [5, 5.41) is 5.36. The van der Waals surface area contributed by atoms with Crippen molar-refractivity contribution in [3.05, 3.63) is 41.2 Å². The van der Waals surface area contributed by atoms with E-state index in [1.54, 1.807) is 0 Å². The van der Waals surface area contributed by atoms with Crippen LogP contribution in [0, 0.1) is 11.6 Å². The lowest BCUT2D eigenvalue weighted by Gasteiger charge is -2.10. The van der Waals surface area contributed by atoms with Crippen molar-refractivity contribution in [2.75, 3.05) is 0 Å². The Labute approximate surface area is 117 Å². The topological polar surface area (TPSA) is 55.0 Å². The molecule has 0 unspecified atom stereocenters. The normalized spacial score (nSPS) is 11.4. The molecule has 4 nitrogen and oxygen atoms in total. The lowest BCUT2D eigenvalue weighted by molar-refractivity contribution is 0.106. The molecule has 1 aromatic heterocycles. The molecule has 9 heteroatoms. The number of carbonyl (C=O) groups excluding carboxylic acids is 1. The third-order valence-corrected chi connectivity index (χ3v) is 2.68. The van der Waals surface area contributed by atoms with E-state index in [0.717, 1.165) is 6.20 Å². The quantitative estimate of drug-likeness (QED) is 0.518. The highest BCUT2D eigenvalue weighted by Gasteiger charge is 2.33. The third-order valence-electron chi connectivity index (χ3n) is 2.29. The van der Waals surface area contributed by atoms with Crippen molar-refractivity contribution in [2.45, 2.75) is 4.83 Å². The molecule has 0 bridgehead atoms. The molecule has 1 aromatic carbocycles. The molecule has 2 aromatic rings. The second kappa shape index (κ2) is 5.23. The summed E-state index contributed by atoms with van der Waals surface area (Å²) in [4.78, 5) is 6.98. The molecule has 0 radical (unpaired) electrons. The first kappa shape index (κ1) is 14.5. The van der Waals surface area contributed by atoms with E-state index in [1.807, 2.05) is 5.10 Å². The number of benzene rings is 1. The SMILES string of the molecule is O=Cc1c(F)cc(Oc2cn[nH]c2C(F)(F)Br)cc1F. The van der Waals surface area contributed by atoms with Crippen LogP contribution in [0.3, 0.4) is 0 Å². The molecule has 1 heterocycles. The van der Waals surface area contributed by atoms with Gasteiger partial charge in [-0.1, -0.05) is 0 Å². The summed E-state index contributed by atoms with van der Waals surface area (Å²) in [6.07, 6.45) is 0.929. The van der Waals surface area contributed by atoms with Crippen LogP contribution in [-0.4, -0.2) is 16.5 Å². The maximum atomic E-state index is 13.3. The van der Waals surface area contributed by atoms with Crippen LogP contribution in [0.25, 0.3) is 0 Å². The molecule has 0 atom stereocenters. The van der Waals surface area contributed by atoms with Gasteiger partial charge in [0, 0.05) is 12.1 Å². The number of nitrogens with zero attached hydrogens (tertiary/aromatic N) is 1. The lowest BCUT2D eigenvalue weighted by Crippen LogP contribution is -2.05. The van der Waals surface area contributed by atoms with Crippen LogP contribution in [0.1, 0.15) is 16.1 Å². The van der Waals surface area contributed by atoms with Crippen molar-refractivity contribution >= 4 is 22.2 Å². The Morgan fingerprint density at radius 2 is 1.90 bits per heavy atom. The average molecular weight is 353 g/mol. The highest BCUT2D eigenvalue weighted by molar-refractivity contribution is 9.09. The summed E-state index contributed by atoms with van der Waals surface area (Å²) in [5.41, 5.74) is -1.48. The van der Waals surface area contributed by atoms with Gasteiger partial charge in [-0.3, -0.25) is 9.89 Å². The number of alkyl halides is 3. The fourth-order valence-electron chi connectivity index (χ4n) is 1.42. The predicted octanol–water partition coefficient (Wildman–Crippen LogP) is 3.74. The molecule has 0 amide bonds. The summed E-state index contributed by atoms with van der Waals surface area (Å²) in [6, 6.07) is 1.41. The van der Waals surface area contributed by atoms with Gasteiger partial charge in [0.15, 0.2) is 17.7 Å². The molecule has 0 aliphatic rings. The van der Waals surface area contributed by atoms with E-state index in [2.05, 4.69) is 21.0 Å². The minimum absolute atomic E-state index is 0.00433. The van der Waals surface area contributed by atoms with Gasteiger partial charge in [0.25, 0.3) is 0 Å². The van der Waals surface area contributed by atoms with E-state index in [-0.39, 0.29) is 12.0 Å². The van der Waals surface area contributed by atoms with Crippen LogP contribution in [-0.2, 0) is 4.83 Å². The Bertz CT molecular complexity index is 631. The molecular formula is C11H5BrF4N2O2. The molecule has 1 N–H and O–H groups in total. The van der Waals surface area contributed by atoms with Gasteiger partial charge in [0.05, 0.1) is 11.8 Å². The zero-order chi connectivity index (χ0) is 14.9. The van der Waals surface area contributed by atoms with Crippen molar-refractivity contribution in [3.63, 3.8) is 0 Å². The van der Waals surface area contributed by atoms with E-state index in [9.17, 15) is 22.4 Å². The number of aromatic amines is 1. The van der Waals surface area contributed by atoms with E-state index >= 15 is 0 Å². The summed E-state index contributed by atoms with van der Waals surface area (Å²) in [6.45, 7) is 0. The predicted molar refractivity (Wildman–Crippen MR) is 63.2 cm³/mol. The first-order valence-corrected chi connectivity index (χ1v) is 5.85. The van der Waals surface area contributed by atoms with Gasteiger partial charge in [-0.25, -0.2) is 8.78 Å². The van der Waals surface area contributed by atoms with Gasteiger partial charge in [0.1, 0.15) is 17.4 Å². The van der Waals surface area contributed by atoms with E-state index in [1.165, 1.54) is 0 Å². The highest BCUT2D eigenvalue weighted by atomic mass is 79.9. The van der Waals surface area contributed by atoms with Crippen LogP contribution >= 0.6 is 15.9 Å². The van der Waals surface area contributed by atoms with Gasteiger partial charge in [-0.15, -0.1) is 0 Å². The Balaban J connectivity index is 2.37. The van der Waals surface area contributed by atoms with Crippen LogP contribution in [0.15, 0.2) is 18.3 Å². The minimum atomic E-state index is -3.45. The molecule has 0 spiro atoms. The number of aromatic nitrogens is 2. The molecule has 0 saturated heterocycles. The Hall–Kier alpha value is -1.90. The van der Waals surface area contributed by atoms with Crippen molar-refractivity contribution in [3.8, 4) is 11.5 Å². The summed E-state index contributed by atoms with van der Waals surface area (Å²) < 4.78 is 57.8. The number of aldehydes is 1.